The van der Waals surface area contributed by atoms with E-state index in [-0.39, 0.29) is 25.2 Å². The molecule has 4 saturated carbocycles. The Kier molecular flexibility index (Phi) is 11.7. The van der Waals surface area contributed by atoms with Gasteiger partial charge in [-0.1, -0.05) is 63.4 Å². The van der Waals surface area contributed by atoms with Gasteiger partial charge in [0.1, 0.15) is 35.1 Å². The first kappa shape index (κ1) is 42.0. The summed E-state index contributed by atoms with van der Waals surface area (Å²) >= 11 is 0. The number of nitrogens with one attached hydrogen (secondary N) is 4. The van der Waals surface area contributed by atoms with Crippen molar-refractivity contribution in [1.29, 1.82) is 0 Å². The number of esters is 1. The molecule has 7 atom stereocenters. The Morgan fingerprint density at radius 1 is 0.915 bits per heavy atom. The Balaban J connectivity index is 1.15. The lowest BCUT2D eigenvalue weighted by Gasteiger charge is -2.35. The van der Waals surface area contributed by atoms with Gasteiger partial charge in [0.15, 0.2) is 5.71 Å². The quantitative estimate of drug-likeness (QED) is 0.105. The third-order valence-corrected chi connectivity index (χ3v) is 14.2. The molecule has 4 amide bonds. The van der Waals surface area contributed by atoms with Gasteiger partial charge in [0.25, 0.3) is 5.91 Å². The number of hydrogen-bond acceptors (Lipinski definition) is 12. The minimum Gasteiger partial charge on any atom is -0.467 e. The molecule has 16 nitrogen and oxygen atoms in total. The molecule has 0 aromatic carbocycles. The van der Waals surface area contributed by atoms with Gasteiger partial charge in [0.05, 0.1) is 24.2 Å². The third kappa shape index (κ3) is 8.61. The van der Waals surface area contributed by atoms with Crippen molar-refractivity contribution in [1.82, 2.24) is 30.6 Å². The van der Waals surface area contributed by atoms with E-state index < -0.39 is 91.8 Å². The highest BCUT2D eigenvalue weighted by Crippen LogP contribution is 2.46. The summed E-state index contributed by atoms with van der Waals surface area (Å²) in [5, 5.41) is 12.4. The van der Waals surface area contributed by atoms with E-state index in [0.29, 0.717) is 29.9 Å². The van der Waals surface area contributed by atoms with Gasteiger partial charge in [0, 0.05) is 29.4 Å². The van der Waals surface area contributed by atoms with Crippen molar-refractivity contribution in [3.63, 3.8) is 0 Å². The monoisotopic (exact) mass is 831 g/mol. The van der Waals surface area contributed by atoms with Gasteiger partial charge in [-0.3, -0.25) is 33.9 Å². The summed E-state index contributed by atoms with van der Waals surface area (Å²) in [5.74, 6) is -6.07. The number of pyridine rings is 2. The zero-order valence-electron chi connectivity index (χ0n) is 33.9. The normalized spacial score (nSPS) is 25.9. The Hall–Kier alpha value is -5.19. The minimum atomic E-state index is -3.93. The largest absolute Gasteiger partial charge is 0.467 e. The number of oxime groups is 1. The summed E-state index contributed by atoms with van der Waals surface area (Å²) in [6, 6.07) is 5.41. The van der Waals surface area contributed by atoms with Gasteiger partial charge in [0.2, 0.25) is 27.7 Å². The number of aromatic nitrogens is 2. The lowest BCUT2D eigenvalue weighted by Crippen LogP contribution is -2.59. The number of carbonyl (C=O) groups is 5. The van der Waals surface area contributed by atoms with Gasteiger partial charge in [-0.25, -0.2) is 13.2 Å². The van der Waals surface area contributed by atoms with E-state index in [1.165, 1.54) is 13.2 Å². The number of fused-ring (bicyclic) bond motifs is 3. The summed E-state index contributed by atoms with van der Waals surface area (Å²) in [4.78, 5) is 84.6. The molecule has 2 heterocycles. The molecule has 0 bridgehead atoms. The summed E-state index contributed by atoms with van der Waals surface area (Å²) in [5.41, 5.74) is 0.776. The lowest BCUT2D eigenvalue weighted by molar-refractivity contribution is -0.148. The average Bonchev–Trinajstić information content (AvgIpc) is 4.13. The van der Waals surface area contributed by atoms with Crippen molar-refractivity contribution in [2.75, 3.05) is 7.11 Å². The topological polar surface area (TPSA) is 224 Å². The SMILES string of the molecule is C=C[C@@H]1C[C@]1(NC(=O)[C@@H]1C[C@@H](ON=C2c3ncccc3-c3cccnc32)C[C@H]1C(=O)N[C@@H](C(=O)N[C@@H](C(=O)OC)C1CCCCC1)C(C)(C)C)C(=O)NS(=O)(=O)C1CC1. The molecular formula is C42H53N7O9S. The first-order valence-corrected chi connectivity index (χ1v) is 22.0. The molecule has 2 aromatic heterocycles. The molecule has 316 valence electrons. The van der Waals surface area contributed by atoms with Crippen molar-refractivity contribution in [2.45, 2.75) is 114 Å². The van der Waals surface area contributed by atoms with Crippen molar-refractivity contribution in [3.8, 4) is 11.1 Å². The Labute approximate surface area is 344 Å². The predicted molar refractivity (Wildman–Crippen MR) is 215 cm³/mol. The first-order valence-electron chi connectivity index (χ1n) is 20.4. The summed E-state index contributed by atoms with van der Waals surface area (Å²) in [6.45, 7) is 9.13. The predicted octanol–water partition coefficient (Wildman–Crippen LogP) is 3.06. The summed E-state index contributed by atoms with van der Waals surface area (Å²) in [6.07, 6.45) is 9.39. The number of amides is 4. The van der Waals surface area contributed by atoms with E-state index in [1.54, 1.807) is 33.2 Å². The fourth-order valence-electron chi connectivity index (χ4n) is 8.76. The molecule has 2 aromatic rings. The Bertz CT molecular complexity index is 2110. The van der Waals surface area contributed by atoms with Crippen LogP contribution in [0.3, 0.4) is 0 Å². The number of carbonyl (C=O) groups excluding carboxylic acids is 5. The van der Waals surface area contributed by atoms with Crippen molar-refractivity contribution in [2.24, 2.45) is 34.2 Å². The van der Waals surface area contributed by atoms with Crippen LogP contribution < -0.4 is 20.7 Å². The van der Waals surface area contributed by atoms with Crippen LogP contribution in [0.5, 0.6) is 0 Å². The number of hydrogen-bond donors (Lipinski definition) is 4. The lowest BCUT2D eigenvalue weighted by atomic mass is 9.82. The van der Waals surface area contributed by atoms with Crippen molar-refractivity contribution in [3.05, 3.63) is 60.7 Å². The van der Waals surface area contributed by atoms with Gasteiger partial charge in [-0.15, -0.1) is 6.58 Å². The molecule has 17 heteroatoms. The Morgan fingerprint density at radius 2 is 1.53 bits per heavy atom. The van der Waals surface area contributed by atoms with Crippen molar-refractivity contribution >= 4 is 45.3 Å². The van der Waals surface area contributed by atoms with E-state index >= 15 is 0 Å². The molecule has 0 aliphatic heterocycles. The highest BCUT2D eigenvalue weighted by atomic mass is 32.2. The maximum absolute atomic E-state index is 14.5. The van der Waals surface area contributed by atoms with Crippen molar-refractivity contribution < 1.29 is 42.0 Å². The second-order valence-electron chi connectivity index (χ2n) is 17.5. The first-order chi connectivity index (χ1) is 28.1. The van der Waals surface area contributed by atoms with Crippen LogP contribution >= 0.6 is 0 Å². The Morgan fingerprint density at radius 3 is 2.07 bits per heavy atom. The van der Waals surface area contributed by atoms with Crippen LogP contribution in [0.1, 0.15) is 96.4 Å². The number of rotatable bonds is 14. The van der Waals surface area contributed by atoms with Crippen LogP contribution in [0.15, 0.2) is 54.5 Å². The second kappa shape index (κ2) is 16.5. The van der Waals surface area contributed by atoms with E-state index in [4.69, 9.17) is 9.57 Å². The summed E-state index contributed by atoms with van der Waals surface area (Å²) in [7, 11) is -2.65. The van der Waals surface area contributed by atoms with Crippen LogP contribution in [0.4, 0.5) is 0 Å². The zero-order chi connectivity index (χ0) is 42.3. The molecule has 0 unspecified atom stereocenters. The molecule has 5 aliphatic carbocycles. The second-order valence-corrected chi connectivity index (χ2v) is 19.5. The van der Waals surface area contributed by atoms with Gasteiger partial charge in [-0.2, -0.15) is 0 Å². The molecule has 4 N–H and O–H groups in total. The van der Waals surface area contributed by atoms with E-state index in [1.807, 2.05) is 24.3 Å². The number of methoxy groups -OCH3 is 1. The molecule has 59 heavy (non-hydrogen) atoms. The molecule has 4 fully saturated rings. The highest BCUT2D eigenvalue weighted by Gasteiger charge is 2.62. The number of ether oxygens (including phenoxy) is 1. The maximum Gasteiger partial charge on any atom is 0.328 e. The number of nitrogens with zero attached hydrogens (tertiary/aromatic N) is 3. The maximum atomic E-state index is 14.5. The molecule has 0 spiro atoms. The highest BCUT2D eigenvalue weighted by molar-refractivity contribution is 7.91. The fourth-order valence-corrected chi connectivity index (χ4v) is 10.1. The van der Waals surface area contributed by atoms with E-state index in [2.05, 4.69) is 42.4 Å². The smallest absolute Gasteiger partial charge is 0.328 e. The molecule has 0 radical (unpaired) electrons. The molecule has 7 rings (SSSR count). The van der Waals surface area contributed by atoms with Gasteiger partial charge < -0.3 is 25.5 Å². The zero-order valence-corrected chi connectivity index (χ0v) is 34.7. The molecule has 0 saturated heterocycles. The van der Waals surface area contributed by atoms with Crippen LogP contribution in [-0.2, 0) is 43.6 Å². The van der Waals surface area contributed by atoms with Gasteiger partial charge in [-0.05, 0) is 68.4 Å². The van der Waals surface area contributed by atoms with E-state index in [9.17, 15) is 32.4 Å². The number of sulfonamides is 1. The average molecular weight is 832 g/mol. The van der Waals surface area contributed by atoms with Gasteiger partial charge >= 0.3 is 5.97 Å². The minimum absolute atomic E-state index is 0.000153. The van der Waals surface area contributed by atoms with Crippen LogP contribution in [0, 0.1) is 29.1 Å². The standard InChI is InChI=1S/C42H53N7O9S/c1-6-24-22-42(24,40(54)49-59(55,56)26-16-17-26)47-37(51)30-21-25(58-48-34-32-27(14-10-18-43-32)28-15-11-19-44-33(28)34)20-29(30)36(50)46-35(41(2,3)4)38(52)45-31(39(53)57-5)23-12-8-7-9-13-23/h6,10-11,14-15,18-19,23-26,29-31,35H,1,7-9,12-13,16-17,20-22H2,2-5H3,(H,45,52)(H,46,50)(H,47,51)(H,49,54)/t24-,25+,29-,30-,31-,35+,42-/m1/s1. The summed E-state index contributed by atoms with van der Waals surface area (Å²) < 4.78 is 32.8. The van der Waals surface area contributed by atoms with Crippen LogP contribution in [0.25, 0.3) is 11.1 Å². The fraction of sp³-hybridized carbons (Fsp3) is 0.571. The van der Waals surface area contributed by atoms with Crippen LogP contribution in [0.2, 0.25) is 0 Å². The van der Waals surface area contributed by atoms with E-state index in [0.717, 1.165) is 43.2 Å². The third-order valence-electron chi connectivity index (χ3n) is 12.4. The molecule has 5 aliphatic rings. The van der Waals surface area contributed by atoms with Crippen LogP contribution in [-0.4, -0.2) is 89.8 Å². The molecular weight excluding hydrogens is 779 g/mol.